The fourth-order valence-electron chi connectivity index (χ4n) is 2.01. The van der Waals surface area contributed by atoms with Crippen molar-refractivity contribution in [3.63, 3.8) is 0 Å². The van der Waals surface area contributed by atoms with E-state index in [4.69, 9.17) is 0 Å². The molecule has 1 aromatic carbocycles. The van der Waals surface area contributed by atoms with E-state index in [0.29, 0.717) is 6.42 Å². The first-order valence-corrected chi connectivity index (χ1v) is 6.47. The molecule has 0 fully saturated rings. The van der Waals surface area contributed by atoms with Gasteiger partial charge in [-0.1, -0.05) is 45.0 Å². The van der Waals surface area contributed by atoms with Gasteiger partial charge in [0.1, 0.15) is 0 Å². The van der Waals surface area contributed by atoms with Crippen molar-refractivity contribution in [2.75, 3.05) is 0 Å². The molecule has 0 aliphatic carbocycles. The van der Waals surface area contributed by atoms with Gasteiger partial charge in [0.15, 0.2) is 5.78 Å². The molecular weight excluding hydrogens is 236 g/mol. The number of nitrogens with zero attached hydrogens (tertiary/aromatic N) is 2. The van der Waals surface area contributed by atoms with Crippen LogP contribution in [0.3, 0.4) is 0 Å². The second-order valence-corrected chi connectivity index (χ2v) is 5.95. The first-order chi connectivity index (χ1) is 8.86. The fraction of sp³-hybridized carbons (Fsp3) is 0.375. The van der Waals surface area contributed by atoms with Gasteiger partial charge in [-0.05, 0) is 16.5 Å². The van der Waals surface area contributed by atoms with E-state index in [9.17, 15) is 4.79 Å². The molecule has 0 unspecified atom stereocenters. The van der Waals surface area contributed by atoms with Crippen molar-refractivity contribution >= 4 is 5.78 Å². The van der Waals surface area contributed by atoms with Crippen LogP contribution in [0, 0.1) is 0 Å². The van der Waals surface area contributed by atoms with E-state index in [-0.39, 0.29) is 11.2 Å². The first kappa shape index (κ1) is 13.5. The molecule has 0 spiro atoms. The van der Waals surface area contributed by atoms with Crippen LogP contribution >= 0.6 is 0 Å². The topological polar surface area (TPSA) is 34.9 Å². The lowest BCUT2D eigenvalue weighted by atomic mass is 9.86. The van der Waals surface area contributed by atoms with Crippen molar-refractivity contribution in [1.29, 1.82) is 0 Å². The Morgan fingerprint density at radius 2 is 1.84 bits per heavy atom. The maximum absolute atomic E-state index is 12.1. The van der Waals surface area contributed by atoms with Gasteiger partial charge in [-0.15, -0.1) is 0 Å². The Balaban J connectivity index is 2.12. The second-order valence-electron chi connectivity index (χ2n) is 5.95. The first-order valence-electron chi connectivity index (χ1n) is 6.47. The largest absolute Gasteiger partial charge is 0.294 e. The standard InChI is InChI=1S/C16H20N2O/c1-16(2,3)14-7-5-13(6-8-14)15(19)9-12-10-17-18(4)11-12/h5-8,10-11H,9H2,1-4H3. The lowest BCUT2D eigenvalue weighted by Gasteiger charge is -2.18. The van der Waals surface area contributed by atoms with Crippen molar-refractivity contribution in [2.24, 2.45) is 7.05 Å². The van der Waals surface area contributed by atoms with Gasteiger partial charge in [-0.2, -0.15) is 5.10 Å². The Morgan fingerprint density at radius 1 is 1.21 bits per heavy atom. The molecule has 2 aromatic rings. The third kappa shape index (κ3) is 3.31. The third-order valence-electron chi connectivity index (χ3n) is 3.20. The van der Waals surface area contributed by atoms with E-state index < -0.39 is 0 Å². The number of aryl methyl sites for hydroxylation is 1. The highest BCUT2D eigenvalue weighted by atomic mass is 16.1. The molecule has 0 N–H and O–H groups in total. The quantitative estimate of drug-likeness (QED) is 0.791. The van der Waals surface area contributed by atoms with E-state index in [1.165, 1.54) is 5.56 Å². The number of carbonyl (C=O) groups is 1. The Bertz CT molecular complexity index is 574. The third-order valence-corrected chi connectivity index (χ3v) is 3.20. The summed E-state index contributed by atoms with van der Waals surface area (Å²) in [6.45, 7) is 6.50. The minimum absolute atomic E-state index is 0.116. The predicted molar refractivity (Wildman–Crippen MR) is 76.4 cm³/mol. The van der Waals surface area contributed by atoms with Crippen LogP contribution in [-0.2, 0) is 18.9 Å². The molecule has 1 heterocycles. The Kier molecular flexibility index (Phi) is 3.56. The Labute approximate surface area is 114 Å². The maximum atomic E-state index is 12.1. The molecule has 2 rings (SSSR count). The second kappa shape index (κ2) is 5.00. The van der Waals surface area contributed by atoms with Gasteiger partial charge in [0, 0.05) is 25.2 Å². The molecule has 100 valence electrons. The number of hydrogen-bond acceptors (Lipinski definition) is 2. The summed E-state index contributed by atoms with van der Waals surface area (Å²) in [7, 11) is 1.85. The van der Waals surface area contributed by atoms with Crippen LogP contribution in [0.5, 0.6) is 0 Å². The van der Waals surface area contributed by atoms with Crippen molar-refractivity contribution < 1.29 is 4.79 Å². The van der Waals surface area contributed by atoms with Crippen LogP contribution in [0.2, 0.25) is 0 Å². The molecule has 19 heavy (non-hydrogen) atoms. The number of hydrogen-bond donors (Lipinski definition) is 0. The number of carbonyl (C=O) groups excluding carboxylic acids is 1. The molecule has 0 radical (unpaired) electrons. The number of rotatable bonds is 3. The molecule has 0 saturated carbocycles. The Morgan fingerprint density at radius 3 is 2.32 bits per heavy atom. The summed E-state index contributed by atoms with van der Waals surface area (Å²) in [5.41, 5.74) is 3.07. The zero-order valence-electron chi connectivity index (χ0n) is 12.0. The van der Waals surface area contributed by atoms with Crippen LogP contribution in [0.15, 0.2) is 36.7 Å². The molecule has 0 atom stereocenters. The fourth-order valence-corrected chi connectivity index (χ4v) is 2.01. The highest BCUT2D eigenvalue weighted by molar-refractivity contribution is 5.97. The lowest BCUT2D eigenvalue weighted by Crippen LogP contribution is -2.11. The molecule has 1 aromatic heterocycles. The Hall–Kier alpha value is -1.90. The zero-order valence-corrected chi connectivity index (χ0v) is 12.0. The lowest BCUT2D eigenvalue weighted by molar-refractivity contribution is 0.0993. The van der Waals surface area contributed by atoms with E-state index in [1.807, 2.05) is 37.5 Å². The molecule has 0 amide bonds. The molecule has 3 nitrogen and oxygen atoms in total. The van der Waals surface area contributed by atoms with Crippen LogP contribution in [0.25, 0.3) is 0 Å². The van der Waals surface area contributed by atoms with Gasteiger partial charge in [0.25, 0.3) is 0 Å². The van der Waals surface area contributed by atoms with Crippen LogP contribution in [0.1, 0.15) is 42.3 Å². The average Bonchev–Trinajstić information content (AvgIpc) is 2.74. The van der Waals surface area contributed by atoms with E-state index >= 15 is 0 Å². The number of Topliss-reactive ketones (excluding diaryl/α,β-unsaturated/α-hetero) is 1. The summed E-state index contributed by atoms with van der Waals surface area (Å²) in [5, 5.41) is 4.07. The minimum Gasteiger partial charge on any atom is -0.294 e. The van der Waals surface area contributed by atoms with Crippen molar-refractivity contribution in [1.82, 2.24) is 9.78 Å². The molecule has 0 aliphatic rings. The monoisotopic (exact) mass is 256 g/mol. The van der Waals surface area contributed by atoms with Crippen LogP contribution in [0.4, 0.5) is 0 Å². The van der Waals surface area contributed by atoms with Gasteiger partial charge < -0.3 is 0 Å². The SMILES string of the molecule is Cn1cc(CC(=O)c2ccc(C(C)(C)C)cc2)cn1. The summed E-state index contributed by atoms with van der Waals surface area (Å²) in [6, 6.07) is 7.91. The molecule has 0 bridgehead atoms. The van der Waals surface area contributed by atoms with Crippen molar-refractivity contribution in [3.8, 4) is 0 Å². The maximum Gasteiger partial charge on any atom is 0.167 e. The number of benzene rings is 1. The number of ketones is 1. The van der Waals surface area contributed by atoms with Gasteiger partial charge in [-0.3, -0.25) is 9.48 Å². The van der Waals surface area contributed by atoms with E-state index in [1.54, 1.807) is 10.9 Å². The highest BCUT2D eigenvalue weighted by Gasteiger charge is 2.14. The predicted octanol–water partition coefficient (Wildman–Crippen LogP) is 3.14. The van der Waals surface area contributed by atoms with Crippen LogP contribution < -0.4 is 0 Å². The smallest absolute Gasteiger partial charge is 0.167 e. The zero-order chi connectivity index (χ0) is 14.0. The molecular formula is C16H20N2O. The van der Waals surface area contributed by atoms with Crippen molar-refractivity contribution in [3.05, 3.63) is 53.3 Å². The van der Waals surface area contributed by atoms with Gasteiger partial charge >= 0.3 is 0 Å². The van der Waals surface area contributed by atoms with Crippen LogP contribution in [-0.4, -0.2) is 15.6 Å². The summed E-state index contributed by atoms with van der Waals surface area (Å²) in [5.74, 6) is 0.133. The minimum atomic E-state index is 0.116. The van der Waals surface area contributed by atoms with Gasteiger partial charge in [-0.25, -0.2) is 0 Å². The molecule has 0 aliphatic heterocycles. The highest BCUT2D eigenvalue weighted by Crippen LogP contribution is 2.22. The average molecular weight is 256 g/mol. The van der Waals surface area contributed by atoms with Gasteiger partial charge in [0.05, 0.1) is 6.20 Å². The summed E-state index contributed by atoms with van der Waals surface area (Å²) >= 11 is 0. The van der Waals surface area contributed by atoms with E-state index in [2.05, 4.69) is 25.9 Å². The van der Waals surface area contributed by atoms with E-state index in [0.717, 1.165) is 11.1 Å². The van der Waals surface area contributed by atoms with Crippen molar-refractivity contribution in [2.45, 2.75) is 32.6 Å². The number of aromatic nitrogens is 2. The van der Waals surface area contributed by atoms with Gasteiger partial charge in [0.2, 0.25) is 0 Å². The molecule has 0 saturated heterocycles. The summed E-state index contributed by atoms with van der Waals surface area (Å²) in [6.07, 6.45) is 4.02. The summed E-state index contributed by atoms with van der Waals surface area (Å²) in [4.78, 5) is 12.1. The normalized spacial score (nSPS) is 11.6. The summed E-state index contributed by atoms with van der Waals surface area (Å²) < 4.78 is 1.71. The molecule has 3 heteroatoms.